The number of piperidine rings is 1. The van der Waals surface area contributed by atoms with E-state index in [-0.39, 0.29) is 18.0 Å². The van der Waals surface area contributed by atoms with Crippen LogP contribution in [0.3, 0.4) is 0 Å². The number of likely N-dealkylation sites (tertiary alicyclic amines) is 1. The number of halogens is 2. The summed E-state index contributed by atoms with van der Waals surface area (Å²) < 4.78 is 32.2. The quantitative estimate of drug-likeness (QED) is 0.843. The van der Waals surface area contributed by atoms with Gasteiger partial charge in [-0.3, -0.25) is 4.79 Å². The van der Waals surface area contributed by atoms with E-state index in [4.69, 9.17) is 9.84 Å². The smallest absolute Gasteiger partial charge is 0.321 e. The lowest BCUT2D eigenvalue weighted by atomic mass is 9.99. The molecule has 1 aliphatic rings. The number of hydrogen-bond donors (Lipinski definition) is 2. The topological polar surface area (TPSA) is 78.9 Å². The fraction of sp³-hybridized carbons (Fsp3) is 0.263. The van der Waals surface area contributed by atoms with Crippen LogP contribution in [0.1, 0.15) is 12.8 Å². The molecule has 2 aromatic rings. The van der Waals surface area contributed by atoms with Crippen molar-refractivity contribution in [3.05, 3.63) is 54.1 Å². The summed E-state index contributed by atoms with van der Waals surface area (Å²) in [5, 5.41) is 11.8. The molecule has 27 heavy (non-hydrogen) atoms. The molecule has 0 aromatic heterocycles. The van der Waals surface area contributed by atoms with Crippen LogP contribution in [0.4, 0.5) is 19.3 Å². The minimum Gasteiger partial charge on any atom is -0.481 e. The first-order valence-electron chi connectivity index (χ1n) is 8.44. The zero-order valence-corrected chi connectivity index (χ0v) is 14.3. The van der Waals surface area contributed by atoms with E-state index in [2.05, 4.69) is 5.32 Å². The number of carboxylic acids is 1. The van der Waals surface area contributed by atoms with Gasteiger partial charge in [-0.25, -0.2) is 13.6 Å². The molecule has 2 aromatic carbocycles. The van der Waals surface area contributed by atoms with Gasteiger partial charge >= 0.3 is 12.0 Å². The first kappa shape index (κ1) is 18.6. The number of urea groups is 1. The first-order chi connectivity index (χ1) is 12.9. The average Bonchev–Trinajstić information content (AvgIpc) is 2.62. The predicted octanol–water partition coefficient (Wildman–Crippen LogP) is 4.09. The number of rotatable bonds is 4. The second-order valence-corrected chi connectivity index (χ2v) is 6.26. The lowest BCUT2D eigenvalue weighted by molar-refractivity contribution is -0.143. The van der Waals surface area contributed by atoms with Crippen molar-refractivity contribution in [1.82, 2.24) is 4.90 Å². The number of para-hydroxylation sites is 2. The van der Waals surface area contributed by atoms with E-state index < -0.39 is 29.6 Å². The Balaban J connectivity index is 1.74. The number of nitrogens with zero attached hydrogens (tertiary/aromatic N) is 1. The van der Waals surface area contributed by atoms with Crippen LogP contribution in [0.2, 0.25) is 0 Å². The molecule has 3 rings (SSSR count). The predicted molar refractivity (Wildman–Crippen MR) is 93.8 cm³/mol. The van der Waals surface area contributed by atoms with E-state index in [9.17, 15) is 18.4 Å². The number of anilines is 1. The zero-order chi connectivity index (χ0) is 19.4. The molecule has 2 amide bonds. The van der Waals surface area contributed by atoms with Gasteiger partial charge in [0.25, 0.3) is 0 Å². The van der Waals surface area contributed by atoms with Crippen LogP contribution in [0.5, 0.6) is 11.5 Å². The van der Waals surface area contributed by atoms with Gasteiger partial charge in [0.05, 0.1) is 11.6 Å². The number of benzene rings is 2. The molecule has 6 nitrogen and oxygen atoms in total. The molecular formula is C19H18F2N2O4. The molecule has 1 aliphatic heterocycles. The Bertz CT molecular complexity index is 839. The van der Waals surface area contributed by atoms with Crippen LogP contribution in [-0.2, 0) is 4.79 Å². The van der Waals surface area contributed by atoms with Crippen LogP contribution in [0.25, 0.3) is 0 Å². The Morgan fingerprint density at radius 3 is 2.56 bits per heavy atom. The van der Waals surface area contributed by atoms with E-state index in [1.165, 1.54) is 4.90 Å². The number of hydrogen-bond acceptors (Lipinski definition) is 3. The second-order valence-electron chi connectivity index (χ2n) is 6.26. The van der Waals surface area contributed by atoms with Crippen molar-refractivity contribution in [3.63, 3.8) is 0 Å². The molecule has 1 saturated heterocycles. The highest BCUT2D eigenvalue weighted by molar-refractivity contribution is 5.91. The van der Waals surface area contributed by atoms with Crippen molar-refractivity contribution in [2.75, 3.05) is 18.4 Å². The number of aliphatic carboxylic acids is 1. The van der Waals surface area contributed by atoms with Crippen molar-refractivity contribution in [2.45, 2.75) is 12.8 Å². The summed E-state index contributed by atoms with van der Waals surface area (Å²) in [7, 11) is 0. The SMILES string of the molecule is O=C(O)C1CCCN(C(=O)Nc2ccccc2Oc2cc(F)cc(F)c2)C1. The Hall–Kier alpha value is -3.16. The van der Waals surface area contributed by atoms with Gasteiger partial charge < -0.3 is 20.1 Å². The molecule has 8 heteroatoms. The summed E-state index contributed by atoms with van der Waals surface area (Å²) in [6.45, 7) is 0.576. The van der Waals surface area contributed by atoms with Gasteiger partial charge in [0.15, 0.2) is 5.75 Å². The first-order valence-corrected chi connectivity index (χ1v) is 8.44. The standard InChI is InChI=1S/C19H18F2N2O4/c20-13-8-14(21)10-15(9-13)27-17-6-2-1-5-16(17)22-19(26)23-7-3-4-12(11-23)18(24)25/h1-2,5-6,8-10,12H,3-4,7,11H2,(H,22,26)(H,24,25). The lowest BCUT2D eigenvalue weighted by Gasteiger charge is -2.30. The molecule has 1 fully saturated rings. The average molecular weight is 376 g/mol. The Morgan fingerprint density at radius 2 is 1.85 bits per heavy atom. The van der Waals surface area contributed by atoms with Crippen molar-refractivity contribution in [1.29, 1.82) is 0 Å². The third-order valence-electron chi connectivity index (χ3n) is 4.25. The number of carbonyl (C=O) groups excluding carboxylic acids is 1. The van der Waals surface area contributed by atoms with Gasteiger partial charge in [-0.15, -0.1) is 0 Å². The lowest BCUT2D eigenvalue weighted by Crippen LogP contribution is -2.44. The normalized spacial score (nSPS) is 16.7. The Labute approximate surface area is 154 Å². The van der Waals surface area contributed by atoms with E-state index in [1.807, 2.05) is 0 Å². The van der Waals surface area contributed by atoms with E-state index >= 15 is 0 Å². The molecule has 142 valence electrons. The maximum Gasteiger partial charge on any atom is 0.321 e. The van der Waals surface area contributed by atoms with Gasteiger partial charge in [0, 0.05) is 31.3 Å². The fourth-order valence-electron chi connectivity index (χ4n) is 2.93. The zero-order valence-electron chi connectivity index (χ0n) is 14.3. The molecule has 0 aliphatic carbocycles. The molecule has 0 saturated carbocycles. The van der Waals surface area contributed by atoms with Gasteiger partial charge in [-0.1, -0.05) is 12.1 Å². The third kappa shape index (κ3) is 4.72. The van der Waals surface area contributed by atoms with Crippen LogP contribution in [0.15, 0.2) is 42.5 Å². The van der Waals surface area contributed by atoms with E-state index in [0.29, 0.717) is 25.1 Å². The van der Waals surface area contributed by atoms with Crippen LogP contribution < -0.4 is 10.1 Å². The highest BCUT2D eigenvalue weighted by Crippen LogP contribution is 2.30. The van der Waals surface area contributed by atoms with Gasteiger partial charge in [-0.2, -0.15) is 0 Å². The molecule has 1 unspecified atom stereocenters. The summed E-state index contributed by atoms with van der Waals surface area (Å²) in [5.41, 5.74) is 0.310. The number of amides is 2. The number of carbonyl (C=O) groups is 2. The van der Waals surface area contributed by atoms with Gasteiger partial charge in [-0.05, 0) is 25.0 Å². The summed E-state index contributed by atoms with van der Waals surface area (Å²) in [6.07, 6.45) is 1.13. The largest absolute Gasteiger partial charge is 0.481 e. The Morgan fingerprint density at radius 1 is 1.15 bits per heavy atom. The summed E-state index contributed by atoms with van der Waals surface area (Å²) in [5.74, 6) is -2.91. The molecule has 0 bridgehead atoms. The summed E-state index contributed by atoms with van der Waals surface area (Å²) in [4.78, 5) is 25.1. The molecule has 1 heterocycles. The number of ether oxygens (including phenoxy) is 1. The molecule has 0 radical (unpaired) electrons. The van der Waals surface area contributed by atoms with Crippen molar-refractivity contribution >= 4 is 17.7 Å². The minimum absolute atomic E-state index is 0.0434. The second kappa shape index (κ2) is 8.03. The number of carboxylic acid groups (broad SMARTS) is 1. The van der Waals surface area contributed by atoms with Crippen molar-refractivity contribution in [2.24, 2.45) is 5.92 Å². The minimum atomic E-state index is -0.927. The molecular weight excluding hydrogens is 358 g/mol. The van der Waals surface area contributed by atoms with Crippen molar-refractivity contribution < 1.29 is 28.2 Å². The monoisotopic (exact) mass is 376 g/mol. The molecule has 1 atom stereocenters. The van der Waals surface area contributed by atoms with Gasteiger partial charge in [0.2, 0.25) is 0 Å². The van der Waals surface area contributed by atoms with Crippen LogP contribution in [0, 0.1) is 17.6 Å². The van der Waals surface area contributed by atoms with Crippen LogP contribution >= 0.6 is 0 Å². The van der Waals surface area contributed by atoms with Crippen LogP contribution in [-0.4, -0.2) is 35.1 Å². The highest BCUT2D eigenvalue weighted by Gasteiger charge is 2.28. The number of nitrogens with one attached hydrogen (secondary N) is 1. The van der Waals surface area contributed by atoms with E-state index in [0.717, 1.165) is 18.2 Å². The maximum atomic E-state index is 13.3. The summed E-state index contributed by atoms with van der Waals surface area (Å²) >= 11 is 0. The maximum absolute atomic E-state index is 13.3. The highest BCUT2D eigenvalue weighted by atomic mass is 19.1. The molecule has 2 N–H and O–H groups in total. The Kier molecular flexibility index (Phi) is 5.54. The summed E-state index contributed by atoms with van der Waals surface area (Å²) in [6, 6.07) is 8.80. The fourth-order valence-corrected chi connectivity index (χ4v) is 2.93. The van der Waals surface area contributed by atoms with Crippen molar-refractivity contribution in [3.8, 4) is 11.5 Å². The van der Waals surface area contributed by atoms with Gasteiger partial charge in [0.1, 0.15) is 17.4 Å². The molecule has 0 spiro atoms. The third-order valence-corrected chi connectivity index (χ3v) is 4.25. The van der Waals surface area contributed by atoms with E-state index in [1.54, 1.807) is 24.3 Å².